The standard InChI is InChI=1S/C29H32Cl3N3O4S/c1-19(2)16-33-29(37)21(4)34(17-22-7-9-23(30)10-8-22)28(36)18-35(24-11-14-26(31)27(32)15-24)40(38,39)25-12-5-20(3)6-13-25/h5-15,19,21H,16-18H2,1-4H3,(H,33,37)/t21-/m0/s1. The third kappa shape index (κ3) is 8.13. The molecule has 3 rings (SSSR count). The molecule has 1 atom stereocenters. The van der Waals surface area contributed by atoms with E-state index in [1.54, 1.807) is 43.3 Å². The van der Waals surface area contributed by atoms with Gasteiger partial charge in [0.1, 0.15) is 12.6 Å². The molecule has 0 bridgehead atoms. The molecule has 0 aliphatic carbocycles. The second-order valence-electron chi connectivity index (χ2n) is 9.89. The molecule has 7 nitrogen and oxygen atoms in total. The lowest BCUT2D eigenvalue weighted by Crippen LogP contribution is -2.51. The molecule has 0 spiro atoms. The van der Waals surface area contributed by atoms with Gasteiger partial charge >= 0.3 is 0 Å². The quantitative estimate of drug-likeness (QED) is 0.270. The van der Waals surface area contributed by atoms with Crippen molar-refractivity contribution in [2.75, 3.05) is 17.4 Å². The number of benzene rings is 3. The van der Waals surface area contributed by atoms with Crippen molar-refractivity contribution < 1.29 is 18.0 Å². The monoisotopic (exact) mass is 623 g/mol. The van der Waals surface area contributed by atoms with E-state index in [1.807, 2.05) is 20.8 Å². The van der Waals surface area contributed by atoms with E-state index in [2.05, 4.69) is 5.32 Å². The summed E-state index contributed by atoms with van der Waals surface area (Å²) in [5.74, 6) is -0.719. The van der Waals surface area contributed by atoms with E-state index < -0.39 is 28.5 Å². The summed E-state index contributed by atoms with van der Waals surface area (Å²) in [7, 11) is -4.21. The predicted molar refractivity (Wildman–Crippen MR) is 161 cm³/mol. The summed E-state index contributed by atoms with van der Waals surface area (Å²) in [5, 5.41) is 3.76. The Morgan fingerprint density at radius 2 is 1.50 bits per heavy atom. The highest BCUT2D eigenvalue weighted by molar-refractivity contribution is 7.92. The Labute approximate surface area is 251 Å². The summed E-state index contributed by atoms with van der Waals surface area (Å²) in [6.07, 6.45) is 0. The van der Waals surface area contributed by atoms with Gasteiger partial charge in [0.05, 0.1) is 20.6 Å². The summed E-state index contributed by atoms with van der Waals surface area (Å²) in [4.78, 5) is 28.3. The average Bonchev–Trinajstić information content (AvgIpc) is 2.91. The molecule has 0 unspecified atom stereocenters. The fraction of sp³-hybridized carbons (Fsp3) is 0.310. The minimum Gasteiger partial charge on any atom is -0.354 e. The van der Waals surface area contributed by atoms with Crippen molar-refractivity contribution in [3.05, 3.63) is 92.9 Å². The van der Waals surface area contributed by atoms with Crippen LogP contribution in [0.25, 0.3) is 0 Å². The SMILES string of the molecule is Cc1ccc(S(=O)(=O)N(CC(=O)N(Cc2ccc(Cl)cc2)[C@@H](C)C(=O)NCC(C)C)c2ccc(Cl)c(Cl)c2)cc1. The van der Waals surface area contributed by atoms with Crippen molar-refractivity contribution in [1.82, 2.24) is 10.2 Å². The number of nitrogens with one attached hydrogen (secondary N) is 1. The fourth-order valence-electron chi connectivity index (χ4n) is 3.83. The fourth-order valence-corrected chi connectivity index (χ4v) is 5.65. The number of carbonyl (C=O) groups is 2. The lowest BCUT2D eigenvalue weighted by Gasteiger charge is -2.32. The van der Waals surface area contributed by atoms with Crippen LogP contribution in [-0.2, 0) is 26.2 Å². The van der Waals surface area contributed by atoms with Crippen molar-refractivity contribution in [3.8, 4) is 0 Å². The molecule has 11 heteroatoms. The zero-order valence-electron chi connectivity index (χ0n) is 22.7. The van der Waals surface area contributed by atoms with Gasteiger partial charge in [0.25, 0.3) is 10.0 Å². The molecule has 3 aromatic carbocycles. The molecule has 3 aromatic rings. The van der Waals surface area contributed by atoms with Gasteiger partial charge in [0, 0.05) is 18.1 Å². The first-order valence-corrected chi connectivity index (χ1v) is 15.2. The molecule has 0 aliphatic rings. The second-order valence-corrected chi connectivity index (χ2v) is 13.0. The largest absolute Gasteiger partial charge is 0.354 e. The summed E-state index contributed by atoms with van der Waals surface area (Å²) < 4.78 is 28.7. The Balaban J connectivity index is 2.03. The van der Waals surface area contributed by atoms with Crippen LogP contribution < -0.4 is 9.62 Å². The molecule has 0 heterocycles. The Kier molecular flexibility index (Phi) is 10.9. The molecule has 214 valence electrons. The van der Waals surface area contributed by atoms with Gasteiger partial charge in [-0.15, -0.1) is 0 Å². The van der Waals surface area contributed by atoms with Crippen molar-refractivity contribution in [2.24, 2.45) is 5.92 Å². The third-order valence-corrected chi connectivity index (χ3v) is 8.98. The summed E-state index contributed by atoms with van der Waals surface area (Å²) in [6, 6.07) is 16.6. The normalized spacial score (nSPS) is 12.2. The van der Waals surface area contributed by atoms with Crippen LogP contribution in [0.2, 0.25) is 15.1 Å². The maximum atomic E-state index is 13.9. The number of carbonyl (C=O) groups excluding carboxylic acids is 2. The number of sulfonamides is 1. The predicted octanol–water partition coefficient (Wildman–Crippen LogP) is 6.34. The highest BCUT2D eigenvalue weighted by atomic mass is 35.5. The first kappa shape index (κ1) is 31.7. The molecule has 0 saturated carbocycles. The van der Waals surface area contributed by atoms with E-state index in [4.69, 9.17) is 34.8 Å². The van der Waals surface area contributed by atoms with Crippen LogP contribution in [0.4, 0.5) is 5.69 Å². The summed E-state index contributed by atoms with van der Waals surface area (Å²) >= 11 is 18.4. The molecular formula is C29H32Cl3N3O4S. The van der Waals surface area contributed by atoms with Crippen LogP contribution in [0.1, 0.15) is 31.9 Å². The highest BCUT2D eigenvalue weighted by Gasteiger charge is 2.32. The van der Waals surface area contributed by atoms with Crippen LogP contribution in [0.5, 0.6) is 0 Å². The lowest BCUT2D eigenvalue weighted by atomic mass is 10.1. The molecule has 0 aliphatic heterocycles. The Hall–Kier alpha value is -2.78. The number of hydrogen-bond acceptors (Lipinski definition) is 4. The second kappa shape index (κ2) is 13.7. The van der Waals surface area contributed by atoms with E-state index in [0.29, 0.717) is 11.6 Å². The van der Waals surface area contributed by atoms with Gasteiger partial charge in [-0.1, -0.05) is 78.5 Å². The van der Waals surface area contributed by atoms with Gasteiger partial charge in [-0.2, -0.15) is 0 Å². The van der Waals surface area contributed by atoms with E-state index in [0.717, 1.165) is 15.4 Å². The Morgan fingerprint density at radius 3 is 2.08 bits per heavy atom. The first-order valence-electron chi connectivity index (χ1n) is 12.7. The van der Waals surface area contributed by atoms with Gasteiger partial charge in [-0.05, 0) is 67.8 Å². The molecule has 40 heavy (non-hydrogen) atoms. The van der Waals surface area contributed by atoms with E-state index in [-0.39, 0.29) is 39.0 Å². The van der Waals surface area contributed by atoms with Crippen molar-refractivity contribution in [1.29, 1.82) is 0 Å². The van der Waals surface area contributed by atoms with Gasteiger partial charge < -0.3 is 10.2 Å². The third-order valence-electron chi connectivity index (χ3n) is 6.20. The summed E-state index contributed by atoms with van der Waals surface area (Å²) in [5.41, 5.74) is 1.77. The molecule has 0 fully saturated rings. The molecule has 0 saturated heterocycles. The Bertz CT molecular complexity index is 1450. The van der Waals surface area contributed by atoms with Gasteiger partial charge in [0.2, 0.25) is 11.8 Å². The maximum absolute atomic E-state index is 13.9. The highest BCUT2D eigenvalue weighted by Crippen LogP contribution is 2.31. The molecule has 0 radical (unpaired) electrons. The molecule has 2 amide bonds. The zero-order valence-corrected chi connectivity index (χ0v) is 25.8. The van der Waals surface area contributed by atoms with Crippen LogP contribution >= 0.6 is 34.8 Å². The number of rotatable bonds is 11. The zero-order chi connectivity index (χ0) is 29.6. The van der Waals surface area contributed by atoms with Crippen LogP contribution in [0.3, 0.4) is 0 Å². The van der Waals surface area contributed by atoms with Gasteiger partial charge in [0.15, 0.2) is 0 Å². The average molecular weight is 625 g/mol. The van der Waals surface area contributed by atoms with Crippen molar-refractivity contribution in [3.63, 3.8) is 0 Å². The van der Waals surface area contributed by atoms with Crippen LogP contribution in [0, 0.1) is 12.8 Å². The number of nitrogens with zero attached hydrogens (tertiary/aromatic N) is 2. The maximum Gasteiger partial charge on any atom is 0.264 e. The van der Waals surface area contributed by atoms with E-state index in [1.165, 1.54) is 35.2 Å². The number of aryl methyl sites for hydroxylation is 1. The summed E-state index contributed by atoms with van der Waals surface area (Å²) in [6.45, 7) is 7.30. The van der Waals surface area contributed by atoms with Crippen molar-refractivity contribution >= 4 is 62.3 Å². The number of amides is 2. The lowest BCUT2D eigenvalue weighted by molar-refractivity contribution is -0.139. The number of hydrogen-bond donors (Lipinski definition) is 1. The van der Waals surface area contributed by atoms with Gasteiger partial charge in [-0.25, -0.2) is 8.42 Å². The van der Waals surface area contributed by atoms with E-state index >= 15 is 0 Å². The van der Waals surface area contributed by atoms with Crippen LogP contribution in [-0.4, -0.2) is 44.3 Å². The molecule has 1 N–H and O–H groups in total. The Morgan fingerprint density at radius 1 is 0.875 bits per heavy atom. The first-order chi connectivity index (χ1) is 18.8. The van der Waals surface area contributed by atoms with E-state index in [9.17, 15) is 18.0 Å². The molecule has 0 aromatic heterocycles. The van der Waals surface area contributed by atoms with Crippen molar-refractivity contribution in [2.45, 2.75) is 45.2 Å². The minimum absolute atomic E-state index is 0.00366. The number of anilines is 1. The number of halogens is 3. The van der Waals surface area contributed by atoms with Gasteiger partial charge in [-0.3, -0.25) is 13.9 Å². The molecular weight excluding hydrogens is 593 g/mol. The smallest absolute Gasteiger partial charge is 0.264 e. The topological polar surface area (TPSA) is 86.8 Å². The minimum atomic E-state index is -4.21. The van der Waals surface area contributed by atoms with Crippen LogP contribution in [0.15, 0.2) is 71.6 Å².